The second-order valence-electron chi connectivity index (χ2n) is 6.17. The average Bonchev–Trinajstić information content (AvgIpc) is 3.16. The topological polar surface area (TPSA) is 76.4 Å². The number of hydroxylamine groups is 1. The fraction of sp³-hybridized carbons (Fsp3) is 0.0476. The summed E-state index contributed by atoms with van der Waals surface area (Å²) in [4.78, 5) is 16.0. The highest BCUT2D eigenvalue weighted by Gasteiger charge is 2.10. The van der Waals surface area contributed by atoms with Crippen molar-refractivity contribution in [3.05, 3.63) is 89.2 Å². The number of halogens is 1. The van der Waals surface area contributed by atoms with Crippen molar-refractivity contribution in [3.63, 3.8) is 0 Å². The SMILES string of the molecule is O=C(NO)c1ccc2ncn(-c3ccc(OCc4ccc(Cl)cc4)cc3)c2c1. The Kier molecular flexibility index (Phi) is 4.97. The van der Waals surface area contributed by atoms with Gasteiger partial charge in [-0.2, -0.15) is 0 Å². The molecule has 4 rings (SSSR count). The predicted molar refractivity (Wildman–Crippen MR) is 106 cm³/mol. The molecule has 4 aromatic rings. The number of hydrogen-bond acceptors (Lipinski definition) is 4. The molecule has 0 saturated carbocycles. The van der Waals surface area contributed by atoms with Gasteiger partial charge in [0.05, 0.1) is 11.0 Å². The average molecular weight is 394 g/mol. The molecule has 0 radical (unpaired) electrons. The Balaban J connectivity index is 1.55. The van der Waals surface area contributed by atoms with Gasteiger partial charge in [0.2, 0.25) is 0 Å². The molecule has 0 aliphatic heterocycles. The van der Waals surface area contributed by atoms with E-state index in [1.54, 1.807) is 30.0 Å². The smallest absolute Gasteiger partial charge is 0.274 e. The second kappa shape index (κ2) is 7.72. The van der Waals surface area contributed by atoms with E-state index in [9.17, 15) is 4.79 Å². The first-order chi connectivity index (χ1) is 13.6. The van der Waals surface area contributed by atoms with Crippen LogP contribution in [0.4, 0.5) is 0 Å². The van der Waals surface area contributed by atoms with Crippen LogP contribution in [0.3, 0.4) is 0 Å². The van der Waals surface area contributed by atoms with Gasteiger partial charge in [-0.3, -0.25) is 14.6 Å². The number of fused-ring (bicyclic) bond motifs is 1. The molecule has 0 aliphatic rings. The van der Waals surface area contributed by atoms with E-state index in [2.05, 4.69) is 4.98 Å². The lowest BCUT2D eigenvalue weighted by atomic mass is 10.2. The van der Waals surface area contributed by atoms with E-state index >= 15 is 0 Å². The van der Waals surface area contributed by atoms with Gasteiger partial charge in [-0.25, -0.2) is 10.5 Å². The molecule has 0 fully saturated rings. The van der Waals surface area contributed by atoms with E-state index in [0.717, 1.165) is 28.0 Å². The van der Waals surface area contributed by atoms with Crippen molar-refractivity contribution in [1.29, 1.82) is 0 Å². The monoisotopic (exact) mass is 393 g/mol. The molecule has 3 aromatic carbocycles. The number of rotatable bonds is 5. The van der Waals surface area contributed by atoms with Crippen LogP contribution in [0.25, 0.3) is 16.7 Å². The summed E-state index contributed by atoms with van der Waals surface area (Å²) in [6.45, 7) is 0.449. The summed E-state index contributed by atoms with van der Waals surface area (Å²) >= 11 is 5.89. The van der Waals surface area contributed by atoms with Crippen LogP contribution < -0.4 is 10.2 Å². The first-order valence-electron chi connectivity index (χ1n) is 8.53. The minimum atomic E-state index is -0.569. The molecule has 2 N–H and O–H groups in total. The number of benzene rings is 3. The molecule has 0 bridgehead atoms. The van der Waals surface area contributed by atoms with Crippen molar-refractivity contribution >= 4 is 28.5 Å². The van der Waals surface area contributed by atoms with E-state index in [0.29, 0.717) is 17.2 Å². The molecule has 7 heteroatoms. The fourth-order valence-electron chi connectivity index (χ4n) is 2.87. The molecule has 140 valence electrons. The van der Waals surface area contributed by atoms with Crippen molar-refractivity contribution in [3.8, 4) is 11.4 Å². The lowest BCUT2D eigenvalue weighted by molar-refractivity contribution is 0.0706. The van der Waals surface area contributed by atoms with E-state index in [-0.39, 0.29) is 0 Å². The number of imidazole rings is 1. The number of carbonyl (C=O) groups is 1. The van der Waals surface area contributed by atoms with Crippen molar-refractivity contribution in [1.82, 2.24) is 15.0 Å². The van der Waals surface area contributed by atoms with Crippen molar-refractivity contribution in [2.45, 2.75) is 6.61 Å². The number of ether oxygens (including phenoxy) is 1. The normalized spacial score (nSPS) is 10.8. The standard InChI is InChI=1S/C21H16ClN3O3/c22-16-4-1-14(2-5-16)12-28-18-8-6-17(7-9-18)25-13-23-19-10-3-15(11-20(19)25)21(26)24-27/h1-11,13,27H,12H2,(H,24,26). The molecule has 0 aliphatic carbocycles. The maximum Gasteiger partial charge on any atom is 0.274 e. The molecule has 0 spiro atoms. The van der Waals surface area contributed by atoms with E-state index < -0.39 is 5.91 Å². The third kappa shape index (κ3) is 3.69. The summed E-state index contributed by atoms with van der Waals surface area (Å²) in [5.74, 6) is 0.170. The largest absolute Gasteiger partial charge is 0.489 e. The van der Waals surface area contributed by atoms with Gasteiger partial charge in [0.1, 0.15) is 18.7 Å². The molecule has 6 nitrogen and oxygen atoms in total. The second-order valence-corrected chi connectivity index (χ2v) is 6.60. The first-order valence-corrected chi connectivity index (χ1v) is 8.91. The molecule has 0 saturated heterocycles. The van der Waals surface area contributed by atoms with Gasteiger partial charge in [0, 0.05) is 16.3 Å². The number of nitrogens with zero attached hydrogens (tertiary/aromatic N) is 2. The summed E-state index contributed by atoms with van der Waals surface area (Å²) in [6.07, 6.45) is 1.69. The first kappa shape index (κ1) is 18.0. The summed E-state index contributed by atoms with van der Waals surface area (Å²) < 4.78 is 7.68. The van der Waals surface area contributed by atoms with Gasteiger partial charge in [0.15, 0.2) is 0 Å². The Morgan fingerprint density at radius 2 is 1.82 bits per heavy atom. The third-order valence-corrected chi connectivity index (χ3v) is 4.60. The van der Waals surface area contributed by atoms with Gasteiger partial charge in [0.25, 0.3) is 5.91 Å². The fourth-order valence-corrected chi connectivity index (χ4v) is 3.00. The molecule has 1 amide bonds. The highest BCUT2D eigenvalue weighted by Crippen LogP contribution is 2.22. The van der Waals surface area contributed by atoms with Crippen molar-refractivity contribution in [2.24, 2.45) is 0 Å². The van der Waals surface area contributed by atoms with E-state index in [1.807, 2.05) is 53.1 Å². The summed E-state index contributed by atoms with van der Waals surface area (Å²) in [7, 11) is 0. The van der Waals surface area contributed by atoms with Crippen LogP contribution in [0.15, 0.2) is 73.1 Å². The summed E-state index contributed by atoms with van der Waals surface area (Å²) in [5.41, 5.74) is 5.41. The van der Waals surface area contributed by atoms with Crippen LogP contribution >= 0.6 is 11.6 Å². The summed E-state index contributed by atoms with van der Waals surface area (Å²) in [6, 6.07) is 20.1. The Morgan fingerprint density at radius 3 is 2.54 bits per heavy atom. The van der Waals surface area contributed by atoms with Crippen LogP contribution in [-0.4, -0.2) is 20.7 Å². The number of amides is 1. The molecule has 0 atom stereocenters. The highest BCUT2D eigenvalue weighted by atomic mass is 35.5. The quantitative estimate of drug-likeness (QED) is 0.390. The van der Waals surface area contributed by atoms with Gasteiger partial charge in [-0.15, -0.1) is 0 Å². The molecule has 0 unspecified atom stereocenters. The van der Waals surface area contributed by atoms with Gasteiger partial charge in [-0.05, 0) is 60.2 Å². The van der Waals surface area contributed by atoms with Crippen LogP contribution in [0.5, 0.6) is 5.75 Å². The van der Waals surface area contributed by atoms with Crippen LogP contribution in [0.1, 0.15) is 15.9 Å². The van der Waals surface area contributed by atoms with E-state index in [4.69, 9.17) is 21.5 Å². The minimum absolute atomic E-state index is 0.347. The Hall–Kier alpha value is -3.35. The van der Waals surface area contributed by atoms with Crippen molar-refractivity contribution < 1.29 is 14.7 Å². The van der Waals surface area contributed by atoms with Gasteiger partial charge in [-0.1, -0.05) is 23.7 Å². The number of hydrogen-bond donors (Lipinski definition) is 2. The highest BCUT2D eigenvalue weighted by molar-refractivity contribution is 6.30. The van der Waals surface area contributed by atoms with Crippen LogP contribution in [0.2, 0.25) is 5.02 Å². The summed E-state index contributed by atoms with van der Waals surface area (Å²) in [5, 5.41) is 9.53. The van der Waals surface area contributed by atoms with Gasteiger partial charge >= 0.3 is 0 Å². The maximum absolute atomic E-state index is 11.7. The van der Waals surface area contributed by atoms with Crippen LogP contribution in [-0.2, 0) is 6.61 Å². The number of aromatic nitrogens is 2. The Bertz CT molecular complexity index is 1120. The molecular formula is C21H16ClN3O3. The zero-order chi connectivity index (χ0) is 19.5. The zero-order valence-electron chi connectivity index (χ0n) is 14.7. The van der Waals surface area contributed by atoms with Gasteiger partial charge < -0.3 is 4.74 Å². The Morgan fingerprint density at radius 1 is 1.07 bits per heavy atom. The van der Waals surface area contributed by atoms with Crippen molar-refractivity contribution in [2.75, 3.05) is 0 Å². The molecular weight excluding hydrogens is 378 g/mol. The predicted octanol–water partition coefficient (Wildman–Crippen LogP) is 4.38. The maximum atomic E-state index is 11.7. The molecule has 1 heterocycles. The minimum Gasteiger partial charge on any atom is -0.489 e. The zero-order valence-corrected chi connectivity index (χ0v) is 15.4. The molecule has 28 heavy (non-hydrogen) atoms. The number of carbonyl (C=O) groups excluding carboxylic acids is 1. The molecule has 1 aromatic heterocycles. The third-order valence-electron chi connectivity index (χ3n) is 4.34. The lowest BCUT2D eigenvalue weighted by Crippen LogP contribution is -2.18. The lowest BCUT2D eigenvalue weighted by Gasteiger charge is -2.09. The number of nitrogens with one attached hydrogen (secondary N) is 1. The van der Waals surface area contributed by atoms with Crippen LogP contribution in [0, 0.1) is 0 Å². The van der Waals surface area contributed by atoms with E-state index in [1.165, 1.54) is 0 Å². The Labute approximate surface area is 165 Å².